The van der Waals surface area contributed by atoms with Crippen LogP contribution in [-0.4, -0.2) is 35.5 Å². The second-order valence-corrected chi connectivity index (χ2v) is 12.2. The van der Waals surface area contributed by atoms with Gasteiger partial charge >= 0.3 is 0 Å². The number of ether oxygens (including phenoxy) is 2. The highest BCUT2D eigenvalue weighted by atomic mass is 16.7. The van der Waals surface area contributed by atoms with Gasteiger partial charge in [0.05, 0.1) is 18.8 Å². The number of fused-ring (bicyclic) bond motifs is 5. The maximum Gasteiger partial charge on any atom is 0.169 e. The largest absolute Gasteiger partial charge is 0.385 e. The molecule has 5 rings (SSSR count). The van der Waals surface area contributed by atoms with Crippen LogP contribution in [0, 0.1) is 34.5 Å². The van der Waals surface area contributed by atoms with E-state index in [1.807, 2.05) is 6.08 Å². The lowest BCUT2D eigenvalue weighted by molar-refractivity contribution is -0.255. The molecule has 4 heteroatoms. The van der Waals surface area contributed by atoms with E-state index in [4.69, 9.17) is 9.47 Å². The first kappa shape index (κ1) is 23.8. The van der Waals surface area contributed by atoms with Gasteiger partial charge in [0.1, 0.15) is 5.78 Å². The van der Waals surface area contributed by atoms with E-state index in [0.29, 0.717) is 30.8 Å². The van der Waals surface area contributed by atoms with Crippen molar-refractivity contribution in [3.05, 3.63) is 24.3 Å². The van der Waals surface area contributed by atoms with Crippen LogP contribution < -0.4 is 0 Å². The second-order valence-electron chi connectivity index (χ2n) is 12.2. The van der Waals surface area contributed by atoms with Crippen molar-refractivity contribution < 1.29 is 19.4 Å². The third-order valence-corrected chi connectivity index (χ3v) is 10.7. The monoisotopic (exact) mass is 456 g/mol. The molecule has 0 aromatic carbocycles. The van der Waals surface area contributed by atoms with Crippen LogP contribution in [0.15, 0.2) is 24.3 Å². The SMILES string of the molecule is C=C[C@@H]1CC2C3CCC4(CCCCC)CC5(CCC4(O)C3=CC[C@]2(C)C1C(C)=O)OCCO5. The van der Waals surface area contributed by atoms with Gasteiger partial charge in [-0.1, -0.05) is 45.3 Å². The molecule has 4 nitrogen and oxygen atoms in total. The number of rotatable bonds is 6. The van der Waals surface area contributed by atoms with Crippen molar-refractivity contribution in [3.63, 3.8) is 0 Å². The summed E-state index contributed by atoms with van der Waals surface area (Å²) in [6.07, 6.45) is 15.4. The minimum atomic E-state index is -0.774. The average Bonchev–Trinajstić information content (AvgIpc) is 3.36. The molecule has 5 aliphatic rings. The maximum absolute atomic E-state index is 12.7. The van der Waals surface area contributed by atoms with Crippen molar-refractivity contribution in [3.8, 4) is 0 Å². The molecule has 4 fully saturated rings. The molecule has 5 unspecified atom stereocenters. The Morgan fingerprint density at radius 2 is 2.00 bits per heavy atom. The molecule has 1 spiro atoms. The molecule has 7 atom stereocenters. The second kappa shape index (κ2) is 8.31. The third-order valence-electron chi connectivity index (χ3n) is 10.7. The number of Topliss-reactive ketones (excluding diaryl/α,β-unsaturated/α-hetero) is 1. The van der Waals surface area contributed by atoms with Crippen LogP contribution in [0.1, 0.15) is 91.4 Å². The van der Waals surface area contributed by atoms with Gasteiger partial charge in [-0.3, -0.25) is 4.79 Å². The standard InChI is InChI=1S/C29H44O4/c1-5-7-8-11-27-13-9-22-23(29(27,31)15-14-28(19-27)32-16-17-33-28)10-12-26(4)24(22)18-21(6-2)25(26)20(3)30/h6,10,21-22,24-25,31H,2,5,7-9,11-19H2,1,3-4H3/t21-,22?,24?,25?,26+,27?,29?/m1/s1. The first-order valence-corrected chi connectivity index (χ1v) is 13.6. The van der Waals surface area contributed by atoms with Crippen molar-refractivity contribution in [1.29, 1.82) is 0 Å². The molecule has 4 aliphatic carbocycles. The Morgan fingerprint density at radius 1 is 1.24 bits per heavy atom. The minimum absolute atomic E-state index is 0.0228. The summed E-state index contributed by atoms with van der Waals surface area (Å²) in [5.74, 6) is 0.946. The van der Waals surface area contributed by atoms with Crippen LogP contribution in [0.25, 0.3) is 0 Å². The number of carbonyl (C=O) groups is 1. The van der Waals surface area contributed by atoms with E-state index in [1.165, 1.54) is 18.4 Å². The van der Waals surface area contributed by atoms with Crippen molar-refractivity contribution in [1.82, 2.24) is 0 Å². The minimum Gasteiger partial charge on any atom is -0.385 e. The fraction of sp³-hybridized carbons (Fsp3) is 0.828. The lowest BCUT2D eigenvalue weighted by atomic mass is 9.45. The first-order chi connectivity index (χ1) is 15.7. The Hall–Kier alpha value is -0.970. The molecule has 1 saturated heterocycles. The molecule has 0 radical (unpaired) electrons. The van der Waals surface area contributed by atoms with Gasteiger partial charge in [0.2, 0.25) is 0 Å². The topological polar surface area (TPSA) is 55.8 Å². The summed E-state index contributed by atoms with van der Waals surface area (Å²) in [6.45, 7) is 11.8. The van der Waals surface area contributed by atoms with Crippen molar-refractivity contribution in [2.75, 3.05) is 13.2 Å². The highest BCUT2D eigenvalue weighted by molar-refractivity contribution is 5.80. The summed E-state index contributed by atoms with van der Waals surface area (Å²) in [5.41, 5.74) is 0.332. The molecule has 1 N–H and O–H groups in total. The number of unbranched alkanes of at least 4 members (excludes halogenated alkanes) is 2. The van der Waals surface area contributed by atoms with E-state index in [0.717, 1.165) is 57.8 Å². The van der Waals surface area contributed by atoms with Gasteiger partial charge in [0.15, 0.2) is 5.79 Å². The Morgan fingerprint density at radius 3 is 2.67 bits per heavy atom. The van der Waals surface area contributed by atoms with Gasteiger partial charge in [-0.15, -0.1) is 6.58 Å². The highest BCUT2D eigenvalue weighted by Gasteiger charge is 2.67. The number of hydrogen-bond donors (Lipinski definition) is 1. The molecule has 3 saturated carbocycles. The molecule has 0 amide bonds. The molecule has 33 heavy (non-hydrogen) atoms. The van der Waals surface area contributed by atoms with Crippen LogP contribution in [0.3, 0.4) is 0 Å². The van der Waals surface area contributed by atoms with Crippen LogP contribution in [0.4, 0.5) is 0 Å². The number of hydrogen-bond acceptors (Lipinski definition) is 4. The van der Waals surface area contributed by atoms with Gasteiger partial charge in [0.25, 0.3) is 0 Å². The Labute approximate surface area is 200 Å². The number of ketones is 1. The van der Waals surface area contributed by atoms with E-state index < -0.39 is 11.4 Å². The van der Waals surface area contributed by atoms with E-state index in [-0.39, 0.29) is 22.7 Å². The Balaban J connectivity index is 1.51. The van der Waals surface area contributed by atoms with Crippen LogP contribution in [-0.2, 0) is 14.3 Å². The van der Waals surface area contributed by atoms with Crippen molar-refractivity contribution >= 4 is 5.78 Å². The number of aliphatic hydroxyl groups is 1. The summed E-state index contributed by atoms with van der Waals surface area (Å²) in [4.78, 5) is 12.7. The van der Waals surface area contributed by atoms with Gasteiger partial charge < -0.3 is 14.6 Å². The van der Waals surface area contributed by atoms with Gasteiger partial charge in [-0.25, -0.2) is 0 Å². The molecule has 184 valence electrons. The summed E-state index contributed by atoms with van der Waals surface area (Å²) in [7, 11) is 0. The summed E-state index contributed by atoms with van der Waals surface area (Å²) >= 11 is 0. The maximum atomic E-state index is 12.7. The fourth-order valence-electron chi connectivity index (χ4n) is 9.29. The smallest absolute Gasteiger partial charge is 0.169 e. The van der Waals surface area contributed by atoms with Gasteiger partial charge in [-0.05, 0) is 74.2 Å². The van der Waals surface area contributed by atoms with E-state index in [9.17, 15) is 9.90 Å². The number of allylic oxidation sites excluding steroid dienone is 2. The van der Waals surface area contributed by atoms with Crippen molar-refractivity contribution in [2.45, 2.75) is 103 Å². The van der Waals surface area contributed by atoms with Crippen LogP contribution >= 0.6 is 0 Å². The molecule has 1 aliphatic heterocycles. The van der Waals surface area contributed by atoms with Crippen molar-refractivity contribution in [2.24, 2.45) is 34.5 Å². The van der Waals surface area contributed by atoms with E-state index >= 15 is 0 Å². The molecule has 0 aromatic heterocycles. The zero-order valence-electron chi connectivity index (χ0n) is 21.0. The zero-order chi connectivity index (χ0) is 23.5. The third kappa shape index (κ3) is 3.37. The first-order valence-electron chi connectivity index (χ1n) is 13.6. The predicted octanol–water partition coefficient (Wildman–Crippen LogP) is 5.98. The Bertz CT molecular complexity index is 825. The van der Waals surface area contributed by atoms with Gasteiger partial charge in [0, 0.05) is 24.2 Å². The lowest BCUT2D eigenvalue weighted by Gasteiger charge is -2.62. The number of carbonyl (C=O) groups excluding carboxylic acids is 1. The zero-order valence-corrected chi connectivity index (χ0v) is 21.0. The van der Waals surface area contributed by atoms with Crippen LogP contribution in [0.5, 0.6) is 0 Å². The Kier molecular flexibility index (Phi) is 5.98. The summed E-state index contributed by atoms with van der Waals surface area (Å²) < 4.78 is 12.4. The molecular formula is C29H44O4. The average molecular weight is 457 g/mol. The highest BCUT2D eigenvalue weighted by Crippen LogP contribution is 2.69. The fourth-order valence-corrected chi connectivity index (χ4v) is 9.29. The summed E-state index contributed by atoms with van der Waals surface area (Å²) in [6, 6.07) is 0. The molecule has 0 aromatic rings. The van der Waals surface area contributed by atoms with E-state index in [2.05, 4.69) is 26.5 Å². The molecule has 1 heterocycles. The molecular weight excluding hydrogens is 412 g/mol. The van der Waals surface area contributed by atoms with Crippen LogP contribution in [0.2, 0.25) is 0 Å². The summed E-state index contributed by atoms with van der Waals surface area (Å²) in [5, 5.41) is 12.6. The molecule has 0 bridgehead atoms. The predicted molar refractivity (Wildman–Crippen MR) is 130 cm³/mol. The quantitative estimate of drug-likeness (QED) is 0.394. The normalized spacial score (nSPS) is 45.8. The van der Waals surface area contributed by atoms with E-state index in [1.54, 1.807) is 6.92 Å². The van der Waals surface area contributed by atoms with Gasteiger partial charge in [-0.2, -0.15) is 0 Å². The lowest BCUT2D eigenvalue weighted by Crippen LogP contribution is -2.63.